The molecule has 1 heterocycles. The van der Waals surface area contributed by atoms with E-state index in [0.29, 0.717) is 0 Å². The van der Waals surface area contributed by atoms with Crippen LogP contribution in [-0.4, -0.2) is 34.9 Å². The van der Waals surface area contributed by atoms with Gasteiger partial charge < -0.3 is 9.47 Å². The number of imidazole rings is 1. The zero-order valence-electron chi connectivity index (χ0n) is 14.5. The van der Waals surface area contributed by atoms with Crippen molar-refractivity contribution in [3.63, 3.8) is 0 Å². The summed E-state index contributed by atoms with van der Waals surface area (Å²) in [6.07, 6.45) is 0. The molecule has 0 saturated carbocycles. The van der Waals surface area contributed by atoms with Gasteiger partial charge >= 0.3 is 0 Å². The summed E-state index contributed by atoms with van der Waals surface area (Å²) in [6.45, 7) is 8.96. The summed E-state index contributed by atoms with van der Waals surface area (Å²) in [5, 5.41) is 1.13. The van der Waals surface area contributed by atoms with Crippen LogP contribution < -0.4 is 4.90 Å². The summed E-state index contributed by atoms with van der Waals surface area (Å²) in [7, 11) is 0. The van der Waals surface area contributed by atoms with Crippen molar-refractivity contribution in [3.8, 4) is 0 Å². The molecule has 0 bridgehead atoms. The van der Waals surface area contributed by atoms with E-state index in [1.807, 2.05) is 11.8 Å². The largest absolute Gasteiger partial charge is 0.335 e. The Labute approximate surface area is 148 Å². The molecule has 4 heteroatoms. The Balaban J connectivity index is 1.82. The topological polar surface area (TPSA) is 22.3 Å². The number of hydrogen-bond donors (Lipinski definition) is 1. The van der Waals surface area contributed by atoms with Crippen molar-refractivity contribution in [3.05, 3.63) is 60.2 Å². The molecule has 0 unspecified atom stereocenters. The van der Waals surface area contributed by atoms with Crippen molar-refractivity contribution in [1.29, 1.82) is 0 Å². The molecule has 0 amide bonds. The Kier molecular flexibility index (Phi) is 5.94. The lowest BCUT2D eigenvalue weighted by atomic mass is 10.2. The number of aromatic nitrogens is 2. The third kappa shape index (κ3) is 4.00. The number of quaternary nitrogens is 1. The maximum Gasteiger partial charge on any atom is 0.169 e. The van der Waals surface area contributed by atoms with E-state index < -0.39 is 0 Å². The predicted octanol–water partition coefficient (Wildman–Crippen LogP) is 3.10. The molecular formula is C20H26N3S+. The zero-order valence-corrected chi connectivity index (χ0v) is 15.4. The lowest BCUT2D eigenvalue weighted by molar-refractivity contribution is -0.893. The second-order valence-corrected chi connectivity index (χ2v) is 7.07. The summed E-state index contributed by atoms with van der Waals surface area (Å²) in [6, 6.07) is 19.1. The van der Waals surface area contributed by atoms with E-state index in [1.54, 1.807) is 4.90 Å². The van der Waals surface area contributed by atoms with Crippen LogP contribution >= 0.6 is 11.8 Å². The molecule has 0 aliphatic rings. The van der Waals surface area contributed by atoms with E-state index in [0.717, 1.165) is 23.0 Å². The Morgan fingerprint density at radius 2 is 1.67 bits per heavy atom. The van der Waals surface area contributed by atoms with Crippen molar-refractivity contribution in [2.75, 3.05) is 25.4 Å². The second-order valence-electron chi connectivity index (χ2n) is 6.01. The van der Waals surface area contributed by atoms with E-state index in [-0.39, 0.29) is 0 Å². The molecule has 3 aromatic rings. The first-order valence-corrected chi connectivity index (χ1v) is 9.76. The summed E-state index contributed by atoms with van der Waals surface area (Å²) in [5.41, 5.74) is 3.63. The van der Waals surface area contributed by atoms with Gasteiger partial charge in [-0.25, -0.2) is 4.98 Å². The van der Waals surface area contributed by atoms with Crippen LogP contribution in [0, 0.1) is 0 Å². The number of fused-ring (bicyclic) bond motifs is 1. The van der Waals surface area contributed by atoms with Gasteiger partial charge in [0.25, 0.3) is 0 Å². The highest BCUT2D eigenvalue weighted by Gasteiger charge is 2.12. The van der Waals surface area contributed by atoms with E-state index in [1.165, 1.54) is 30.7 Å². The van der Waals surface area contributed by atoms with Crippen molar-refractivity contribution in [2.45, 2.75) is 25.5 Å². The van der Waals surface area contributed by atoms with Crippen LogP contribution in [-0.2, 0) is 6.54 Å². The van der Waals surface area contributed by atoms with Gasteiger partial charge in [-0.1, -0.05) is 54.2 Å². The second kappa shape index (κ2) is 8.36. The molecule has 0 radical (unpaired) electrons. The van der Waals surface area contributed by atoms with Crippen LogP contribution in [0.4, 0.5) is 0 Å². The highest BCUT2D eigenvalue weighted by molar-refractivity contribution is 7.99. The van der Waals surface area contributed by atoms with Crippen LogP contribution in [0.15, 0.2) is 59.8 Å². The summed E-state index contributed by atoms with van der Waals surface area (Å²) < 4.78 is 2.35. The monoisotopic (exact) mass is 340 g/mol. The third-order valence-corrected chi connectivity index (χ3v) is 5.47. The van der Waals surface area contributed by atoms with Crippen LogP contribution in [0.2, 0.25) is 0 Å². The minimum Gasteiger partial charge on any atom is -0.335 e. The summed E-state index contributed by atoms with van der Waals surface area (Å²) in [5.74, 6) is 1.11. The van der Waals surface area contributed by atoms with Crippen molar-refractivity contribution in [2.24, 2.45) is 0 Å². The van der Waals surface area contributed by atoms with Crippen LogP contribution in [0.1, 0.15) is 19.4 Å². The number of rotatable bonds is 8. The molecule has 1 N–H and O–H groups in total. The average molecular weight is 341 g/mol. The molecule has 2 aromatic carbocycles. The van der Waals surface area contributed by atoms with Gasteiger partial charge in [-0.2, -0.15) is 0 Å². The maximum atomic E-state index is 4.87. The number of benzene rings is 2. The lowest BCUT2D eigenvalue weighted by Crippen LogP contribution is -3.11. The minimum atomic E-state index is 0.877. The zero-order chi connectivity index (χ0) is 16.8. The summed E-state index contributed by atoms with van der Waals surface area (Å²) >= 11 is 1.88. The van der Waals surface area contributed by atoms with Gasteiger partial charge in [0.2, 0.25) is 0 Å². The molecule has 1 aromatic heterocycles. The van der Waals surface area contributed by atoms with E-state index in [2.05, 4.69) is 73.0 Å². The van der Waals surface area contributed by atoms with E-state index >= 15 is 0 Å². The number of para-hydroxylation sites is 2. The first-order chi connectivity index (χ1) is 11.8. The van der Waals surface area contributed by atoms with E-state index in [4.69, 9.17) is 4.98 Å². The fraction of sp³-hybridized carbons (Fsp3) is 0.350. The first kappa shape index (κ1) is 17.1. The van der Waals surface area contributed by atoms with Gasteiger partial charge in [0.15, 0.2) is 5.16 Å². The first-order valence-electron chi connectivity index (χ1n) is 8.77. The Hall–Kier alpha value is -1.78. The predicted molar refractivity (Wildman–Crippen MR) is 103 cm³/mol. The highest BCUT2D eigenvalue weighted by atomic mass is 32.2. The normalized spacial score (nSPS) is 11.5. The van der Waals surface area contributed by atoms with Crippen molar-refractivity contribution in [1.82, 2.24) is 9.55 Å². The fourth-order valence-corrected chi connectivity index (χ4v) is 4.03. The van der Waals surface area contributed by atoms with Gasteiger partial charge in [0.05, 0.1) is 43.0 Å². The molecule has 3 rings (SSSR count). The molecule has 126 valence electrons. The quantitative estimate of drug-likeness (QED) is 0.637. The number of nitrogens with one attached hydrogen (secondary N) is 1. The van der Waals surface area contributed by atoms with Gasteiger partial charge in [-0.3, -0.25) is 0 Å². The third-order valence-electron chi connectivity index (χ3n) is 4.49. The average Bonchev–Trinajstić information content (AvgIpc) is 2.97. The summed E-state index contributed by atoms with van der Waals surface area (Å²) in [4.78, 5) is 6.52. The van der Waals surface area contributed by atoms with Crippen molar-refractivity contribution >= 4 is 22.8 Å². The molecule has 0 saturated heterocycles. The molecule has 24 heavy (non-hydrogen) atoms. The van der Waals surface area contributed by atoms with Crippen molar-refractivity contribution < 1.29 is 4.90 Å². The number of nitrogens with zero attached hydrogens (tertiary/aromatic N) is 2. The van der Waals surface area contributed by atoms with E-state index in [9.17, 15) is 0 Å². The smallest absolute Gasteiger partial charge is 0.169 e. The highest BCUT2D eigenvalue weighted by Crippen LogP contribution is 2.24. The molecule has 0 fully saturated rings. The standard InChI is InChI=1S/C20H25N3S/c1-3-22(4-2)14-15-24-20-21-18-12-8-9-13-19(18)23(20)16-17-10-6-5-7-11-17/h5-13H,3-4,14-16H2,1-2H3/p+1. The maximum absolute atomic E-state index is 4.87. The van der Waals surface area contributed by atoms with Crippen LogP contribution in [0.3, 0.4) is 0 Å². The Morgan fingerprint density at radius 3 is 2.42 bits per heavy atom. The van der Waals surface area contributed by atoms with Gasteiger partial charge in [0, 0.05) is 0 Å². The lowest BCUT2D eigenvalue weighted by Gasteiger charge is -2.15. The molecule has 0 aliphatic carbocycles. The van der Waals surface area contributed by atoms with Crippen LogP contribution in [0.5, 0.6) is 0 Å². The molecule has 0 aliphatic heterocycles. The minimum absolute atomic E-state index is 0.877. The SMILES string of the molecule is CC[NH+](CC)CCSc1nc2ccccc2n1Cc1ccccc1. The van der Waals surface area contributed by atoms with Gasteiger partial charge in [-0.15, -0.1) is 0 Å². The molecule has 0 atom stereocenters. The number of hydrogen-bond acceptors (Lipinski definition) is 2. The molecule has 0 spiro atoms. The molecular weight excluding hydrogens is 314 g/mol. The van der Waals surface area contributed by atoms with Crippen LogP contribution in [0.25, 0.3) is 11.0 Å². The van der Waals surface area contributed by atoms with Gasteiger partial charge in [-0.05, 0) is 31.5 Å². The molecule has 3 nitrogen and oxygen atoms in total. The Morgan fingerprint density at radius 1 is 0.958 bits per heavy atom. The fourth-order valence-electron chi connectivity index (χ4n) is 2.97. The Bertz CT molecular complexity index is 763. The van der Waals surface area contributed by atoms with Gasteiger partial charge in [0.1, 0.15) is 0 Å². The number of thioether (sulfide) groups is 1.